The van der Waals surface area contributed by atoms with Crippen LogP contribution in [-0.2, 0) is 19.1 Å². The van der Waals surface area contributed by atoms with Gasteiger partial charge < -0.3 is 0 Å². The molecule has 1 saturated carbocycles. The van der Waals surface area contributed by atoms with Crippen molar-refractivity contribution in [1.29, 1.82) is 0 Å². The first kappa shape index (κ1) is 14.6. The van der Waals surface area contributed by atoms with Crippen LogP contribution >= 0.6 is 0 Å². The average molecular weight is 262 g/mol. The Morgan fingerprint density at radius 3 is 2.59 bits per heavy atom. The van der Waals surface area contributed by atoms with E-state index in [9.17, 15) is 13.2 Å². The minimum absolute atomic E-state index is 0.0426. The van der Waals surface area contributed by atoms with Crippen LogP contribution < -0.4 is 0 Å². The number of ketones is 1. The smallest absolute Gasteiger partial charge is 0.265 e. The van der Waals surface area contributed by atoms with Crippen LogP contribution in [0.3, 0.4) is 0 Å². The molecule has 0 heterocycles. The van der Waals surface area contributed by atoms with E-state index in [2.05, 4.69) is 6.92 Å². The fraction of sp³-hybridized carbons (Fsp3) is 0.917. The van der Waals surface area contributed by atoms with Gasteiger partial charge in [-0.1, -0.05) is 33.1 Å². The molecule has 0 spiro atoms. The van der Waals surface area contributed by atoms with Gasteiger partial charge in [-0.05, 0) is 19.3 Å². The van der Waals surface area contributed by atoms with Gasteiger partial charge in [0.15, 0.2) is 5.78 Å². The molecule has 1 fully saturated rings. The van der Waals surface area contributed by atoms with Crippen LogP contribution in [0.4, 0.5) is 0 Å². The van der Waals surface area contributed by atoms with Crippen LogP contribution in [-0.4, -0.2) is 26.6 Å². The van der Waals surface area contributed by atoms with E-state index in [4.69, 9.17) is 4.18 Å². The van der Waals surface area contributed by atoms with Gasteiger partial charge in [-0.15, -0.1) is 0 Å². The third-order valence-electron chi connectivity index (χ3n) is 3.47. The van der Waals surface area contributed by atoms with Crippen LogP contribution in [0, 0.1) is 5.41 Å². The Kier molecular flexibility index (Phi) is 4.72. The van der Waals surface area contributed by atoms with Crippen molar-refractivity contribution in [2.45, 2.75) is 58.5 Å². The van der Waals surface area contributed by atoms with Crippen molar-refractivity contribution in [3.05, 3.63) is 0 Å². The van der Waals surface area contributed by atoms with Gasteiger partial charge in [-0.25, -0.2) is 0 Å². The number of hydrogen-bond acceptors (Lipinski definition) is 4. The monoisotopic (exact) mass is 262 g/mol. The maximum atomic E-state index is 12.1. The van der Waals surface area contributed by atoms with Gasteiger partial charge in [0, 0.05) is 5.41 Å². The van der Waals surface area contributed by atoms with E-state index in [1.54, 1.807) is 0 Å². The molecule has 5 heteroatoms. The summed E-state index contributed by atoms with van der Waals surface area (Å²) in [5, 5.41) is 0. The Labute approximate surface area is 104 Å². The summed E-state index contributed by atoms with van der Waals surface area (Å²) in [6, 6.07) is 0. The van der Waals surface area contributed by atoms with Gasteiger partial charge >= 0.3 is 0 Å². The lowest BCUT2D eigenvalue weighted by molar-refractivity contribution is -0.130. The summed E-state index contributed by atoms with van der Waals surface area (Å²) in [6.07, 6.45) is 5.58. The van der Waals surface area contributed by atoms with Crippen molar-refractivity contribution in [2.75, 3.05) is 6.26 Å². The molecule has 0 amide bonds. The molecule has 0 saturated heterocycles. The highest BCUT2D eigenvalue weighted by molar-refractivity contribution is 7.86. The van der Waals surface area contributed by atoms with Gasteiger partial charge in [0.05, 0.1) is 6.26 Å². The zero-order valence-electron chi connectivity index (χ0n) is 10.9. The van der Waals surface area contributed by atoms with E-state index in [0.717, 1.165) is 38.4 Å². The fourth-order valence-electron chi connectivity index (χ4n) is 2.41. The van der Waals surface area contributed by atoms with Crippen molar-refractivity contribution in [3.63, 3.8) is 0 Å². The van der Waals surface area contributed by atoms with Crippen LogP contribution in [0.2, 0.25) is 0 Å². The molecule has 1 rings (SSSR count). The Bertz CT molecular complexity index is 374. The van der Waals surface area contributed by atoms with E-state index < -0.39 is 16.2 Å². The Morgan fingerprint density at radius 1 is 1.41 bits per heavy atom. The highest BCUT2D eigenvalue weighted by atomic mass is 32.2. The zero-order valence-corrected chi connectivity index (χ0v) is 11.7. The molecular formula is C12H22O4S. The summed E-state index contributed by atoms with van der Waals surface area (Å²) in [6.45, 7) is 4.05. The number of Topliss-reactive ketones (excluding diaryl/α,β-unsaturated/α-hetero) is 1. The second-order valence-corrected chi connectivity index (χ2v) is 6.81. The molecule has 1 aliphatic carbocycles. The molecule has 0 aliphatic heterocycles. The molecule has 0 aromatic rings. The van der Waals surface area contributed by atoms with Crippen molar-refractivity contribution >= 4 is 15.9 Å². The van der Waals surface area contributed by atoms with Crippen molar-refractivity contribution in [3.8, 4) is 0 Å². The summed E-state index contributed by atoms with van der Waals surface area (Å²) >= 11 is 0. The third kappa shape index (κ3) is 4.07. The third-order valence-corrected chi connectivity index (χ3v) is 4.05. The van der Waals surface area contributed by atoms with E-state index >= 15 is 0 Å². The SMILES string of the molecule is CCCCC[C@@]1(C)CCC(OS(C)(=O)=O)C1=O. The van der Waals surface area contributed by atoms with Crippen LogP contribution in [0.5, 0.6) is 0 Å². The first-order valence-corrected chi connectivity index (χ1v) is 8.03. The first-order valence-electron chi connectivity index (χ1n) is 6.21. The van der Waals surface area contributed by atoms with Gasteiger partial charge in [-0.2, -0.15) is 8.42 Å². The molecule has 0 radical (unpaired) electrons. The van der Waals surface area contributed by atoms with E-state index in [-0.39, 0.29) is 11.2 Å². The quantitative estimate of drug-likeness (QED) is 0.544. The molecular weight excluding hydrogens is 240 g/mol. The number of carbonyl (C=O) groups excluding carboxylic acids is 1. The van der Waals surface area contributed by atoms with Crippen LogP contribution in [0.25, 0.3) is 0 Å². The topological polar surface area (TPSA) is 60.4 Å². The Hall–Kier alpha value is -0.420. The summed E-state index contributed by atoms with van der Waals surface area (Å²) in [7, 11) is -3.54. The lowest BCUT2D eigenvalue weighted by Gasteiger charge is -2.22. The highest BCUT2D eigenvalue weighted by Gasteiger charge is 2.45. The van der Waals surface area contributed by atoms with Crippen LogP contribution in [0.15, 0.2) is 0 Å². The number of unbranched alkanes of at least 4 members (excludes halogenated alkanes) is 2. The van der Waals surface area contributed by atoms with E-state index in [0.29, 0.717) is 6.42 Å². The molecule has 4 nitrogen and oxygen atoms in total. The van der Waals surface area contributed by atoms with Gasteiger partial charge in [0.25, 0.3) is 10.1 Å². The normalized spacial score (nSPS) is 29.8. The van der Waals surface area contributed by atoms with Gasteiger partial charge in [0.1, 0.15) is 6.10 Å². The van der Waals surface area contributed by atoms with Gasteiger partial charge in [-0.3, -0.25) is 8.98 Å². The molecule has 100 valence electrons. The lowest BCUT2D eigenvalue weighted by Crippen LogP contribution is -2.31. The summed E-state index contributed by atoms with van der Waals surface area (Å²) in [5.41, 5.74) is -0.384. The molecule has 1 unspecified atom stereocenters. The van der Waals surface area contributed by atoms with Crippen molar-refractivity contribution in [1.82, 2.24) is 0 Å². The lowest BCUT2D eigenvalue weighted by atomic mass is 9.82. The second kappa shape index (κ2) is 5.48. The molecule has 0 aromatic carbocycles. The first-order chi connectivity index (χ1) is 7.78. The summed E-state index contributed by atoms with van der Waals surface area (Å²) < 4.78 is 26.9. The van der Waals surface area contributed by atoms with Crippen LogP contribution in [0.1, 0.15) is 52.4 Å². The number of carbonyl (C=O) groups is 1. The average Bonchev–Trinajstić information content (AvgIpc) is 2.45. The molecule has 1 aliphatic rings. The van der Waals surface area contributed by atoms with Crippen molar-refractivity contribution in [2.24, 2.45) is 5.41 Å². The minimum Gasteiger partial charge on any atom is -0.296 e. The van der Waals surface area contributed by atoms with Gasteiger partial charge in [0.2, 0.25) is 0 Å². The van der Waals surface area contributed by atoms with E-state index in [1.807, 2.05) is 6.92 Å². The van der Waals surface area contributed by atoms with Crippen molar-refractivity contribution < 1.29 is 17.4 Å². The highest BCUT2D eigenvalue weighted by Crippen LogP contribution is 2.40. The molecule has 2 atom stereocenters. The predicted molar refractivity (Wildman–Crippen MR) is 66.2 cm³/mol. The molecule has 0 N–H and O–H groups in total. The minimum atomic E-state index is -3.54. The fourth-order valence-corrected chi connectivity index (χ4v) is 3.01. The molecule has 0 aromatic heterocycles. The largest absolute Gasteiger partial charge is 0.296 e. The number of hydrogen-bond donors (Lipinski definition) is 0. The predicted octanol–water partition coefficient (Wildman–Crippen LogP) is 2.28. The maximum Gasteiger partial charge on any atom is 0.265 e. The molecule has 0 bridgehead atoms. The number of rotatable bonds is 6. The Morgan fingerprint density at radius 2 is 2.06 bits per heavy atom. The maximum absolute atomic E-state index is 12.1. The summed E-state index contributed by atoms with van der Waals surface area (Å²) in [5.74, 6) is -0.0426. The van der Waals surface area contributed by atoms with E-state index in [1.165, 1.54) is 0 Å². The second-order valence-electron chi connectivity index (χ2n) is 5.21. The molecule has 17 heavy (non-hydrogen) atoms. The standard InChI is InChI=1S/C12H22O4S/c1-4-5-6-8-12(2)9-7-10(11(12)13)16-17(3,14)15/h10H,4-9H2,1-3H3/t10?,12-/m0/s1. The zero-order chi connectivity index (χ0) is 13.1. The Balaban J connectivity index is 2.59. The summed E-state index contributed by atoms with van der Waals surface area (Å²) in [4.78, 5) is 12.1.